The van der Waals surface area contributed by atoms with Gasteiger partial charge in [0.05, 0.1) is 6.54 Å². The Balaban J connectivity index is 1.94. The van der Waals surface area contributed by atoms with Crippen LogP contribution < -0.4 is 0 Å². The number of carbonyl (C=O) groups excluding carboxylic acids is 1. The fraction of sp³-hybridized carbons (Fsp3) is 0.333. The lowest BCUT2D eigenvalue weighted by atomic mass is 10.1. The van der Waals surface area contributed by atoms with Crippen LogP contribution in [0.1, 0.15) is 22.5 Å². The predicted octanol–water partition coefficient (Wildman–Crippen LogP) is 3.03. The van der Waals surface area contributed by atoms with Crippen LogP contribution in [0, 0.1) is 6.92 Å². The van der Waals surface area contributed by atoms with Gasteiger partial charge in [-0.3, -0.25) is 4.79 Å². The van der Waals surface area contributed by atoms with E-state index >= 15 is 0 Å². The molecule has 1 amide bonds. The van der Waals surface area contributed by atoms with E-state index in [2.05, 4.69) is 0 Å². The molecule has 0 bridgehead atoms. The van der Waals surface area contributed by atoms with E-state index in [4.69, 9.17) is 21.1 Å². The van der Waals surface area contributed by atoms with Gasteiger partial charge in [0, 0.05) is 28.9 Å². The average molecular weight is 326 g/mol. The van der Waals surface area contributed by atoms with E-state index in [0.29, 0.717) is 21.6 Å². The second-order valence-corrected chi connectivity index (χ2v) is 5.88. The topological polar surface area (TPSA) is 70.8 Å². The number of hydrogen-bond donors (Lipinski definition) is 1. The van der Waals surface area contributed by atoms with E-state index in [1.54, 1.807) is 25.1 Å². The number of amides is 1. The minimum atomic E-state index is -2.39. The highest BCUT2D eigenvalue weighted by molar-refractivity contribution is 6.31. The van der Waals surface area contributed by atoms with E-state index in [-0.39, 0.29) is 18.7 Å². The lowest BCUT2D eigenvalue weighted by molar-refractivity contribution is -0.149. The standard InChI is InChI=1S/C15H13ClFNO4/c1-8-10-6-9(16)2-3-11(10)22-12(8)13(19)18-5-4-15(17,7-18)14(20)21/h2-3,6H,4-5,7H2,1H3,(H,20,21). The van der Waals surface area contributed by atoms with Crippen molar-refractivity contribution >= 4 is 34.4 Å². The fourth-order valence-corrected chi connectivity index (χ4v) is 2.83. The highest BCUT2D eigenvalue weighted by Crippen LogP contribution is 2.31. The quantitative estimate of drug-likeness (QED) is 0.921. The molecule has 0 spiro atoms. The number of hydrogen-bond acceptors (Lipinski definition) is 3. The molecule has 22 heavy (non-hydrogen) atoms. The van der Waals surface area contributed by atoms with Crippen LogP contribution in [0.2, 0.25) is 5.02 Å². The zero-order chi connectivity index (χ0) is 16.1. The third kappa shape index (κ3) is 2.23. The van der Waals surface area contributed by atoms with Crippen molar-refractivity contribution in [2.75, 3.05) is 13.1 Å². The van der Waals surface area contributed by atoms with Crippen molar-refractivity contribution in [1.29, 1.82) is 0 Å². The summed E-state index contributed by atoms with van der Waals surface area (Å²) in [6, 6.07) is 4.99. The molecule has 2 aromatic rings. The van der Waals surface area contributed by atoms with Crippen molar-refractivity contribution in [3.63, 3.8) is 0 Å². The van der Waals surface area contributed by atoms with E-state index < -0.39 is 24.1 Å². The van der Waals surface area contributed by atoms with Gasteiger partial charge in [0.1, 0.15) is 5.58 Å². The number of alkyl halides is 1. The number of benzene rings is 1. The van der Waals surface area contributed by atoms with Crippen LogP contribution in [0.15, 0.2) is 22.6 Å². The van der Waals surface area contributed by atoms with E-state index in [1.807, 2.05) is 0 Å². The first-order valence-electron chi connectivity index (χ1n) is 6.72. The smallest absolute Gasteiger partial charge is 0.343 e. The summed E-state index contributed by atoms with van der Waals surface area (Å²) in [5.41, 5.74) is -1.28. The normalized spacial score (nSPS) is 21.5. The van der Waals surface area contributed by atoms with Crippen LogP contribution in [-0.4, -0.2) is 40.6 Å². The Morgan fingerprint density at radius 1 is 1.45 bits per heavy atom. The van der Waals surface area contributed by atoms with Crippen molar-refractivity contribution in [2.45, 2.75) is 19.0 Å². The third-order valence-electron chi connectivity index (χ3n) is 3.98. The third-order valence-corrected chi connectivity index (χ3v) is 4.22. The van der Waals surface area contributed by atoms with Crippen molar-refractivity contribution in [3.8, 4) is 0 Å². The molecule has 1 aliphatic rings. The Labute approximate surface area is 130 Å². The number of fused-ring (bicyclic) bond motifs is 1. The number of halogens is 2. The number of carboxylic acid groups (broad SMARTS) is 1. The van der Waals surface area contributed by atoms with Gasteiger partial charge < -0.3 is 14.4 Å². The van der Waals surface area contributed by atoms with Crippen LogP contribution in [0.4, 0.5) is 4.39 Å². The second kappa shape index (κ2) is 4.98. The Morgan fingerprint density at radius 2 is 2.18 bits per heavy atom. The number of nitrogens with zero attached hydrogens (tertiary/aromatic N) is 1. The number of rotatable bonds is 2. The molecule has 0 radical (unpaired) electrons. The molecule has 1 aromatic heterocycles. The lowest BCUT2D eigenvalue weighted by Gasteiger charge is -2.16. The van der Waals surface area contributed by atoms with Crippen LogP contribution in [0.3, 0.4) is 0 Å². The largest absolute Gasteiger partial charge is 0.479 e. The van der Waals surface area contributed by atoms with Gasteiger partial charge in [-0.1, -0.05) is 11.6 Å². The molecular formula is C15H13ClFNO4. The number of carbonyl (C=O) groups is 2. The molecule has 1 aliphatic heterocycles. The summed E-state index contributed by atoms with van der Waals surface area (Å²) in [5, 5.41) is 10.1. The Hall–Kier alpha value is -2.08. The maximum absolute atomic E-state index is 14.1. The summed E-state index contributed by atoms with van der Waals surface area (Å²) < 4.78 is 19.6. The van der Waals surface area contributed by atoms with E-state index in [1.165, 1.54) is 4.90 Å². The van der Waals surface area contributed by atoms with Gasteiger partial charge in [-0.15, -0.1) is 0 Å². The fourth-order valence-electron chi connectivity index (χ4n) is 2.66. The molecule has 5 nitrogen and oxygen atoms in total. The van der Waals surface area contributed by atoms with Crippen molar-refractivity contribution < 1.29 is 23.5 Å². The number of aliphatic carboxylic acids is 1. The Kier molecular flexibility index (Phi) is 3.36. The van der Waals surface area contributed by atoms with Gasteiger partial charge in [-0.25, -0.2) is 9.18 Å². The molecule has 2 heterocycles. The second-order valence-electron chi connectivity index (χ2n) is 5.44. The van der Waals surface area contributed by atoms with Crippen molar-refractivity contribution in [2.24, 2.45) is 0 Å². The maximum atomic E-state index is 14.1. The number of carboxylic acids is 1. The summed E-state index contributed by atoms with van der Waals surface area (Å²) in [5.74, 6) is -1.96. The van der Waals surface area contributed by atoms with Crippen molar-refractivity contribution in [3.05, 3.63) is 34.5 Å². The van der Waals surface area contributed by atoms with Crippen LogP contribution in [-0.2, 0) is 4.79 Å². The van der Waals surface area contributed by atoms with Gasteiger partial charge >= 0.3 is 5.97 Å². The molecule has 3 rings (SSSR count). The molecule has 0 aliphatic carbocycles. The Bertz CT molecular complexity index is 787. The molecule has 1 saturated heterocycles. The highest BCUT2D eigenvalue weighted by Gasteiger charge is 2.47. The molecular weight excluding hydrogens is 313 g/mol. The first-order chi connectivity index (χ1) is 10.3. The first kappa shape index (κ1) is 14.8. The zero-order valence-corrected chi connectivity index (χ0v) is 12.5. The van der Waals surface area contributed by atoms with Gasteiger partial charge in [0.15, 0.2) is 5.76 Å². The molecule has 116 valence electrons. The molecule has 1 aromatic carbocycles. The minimum Gasteiger partial charge on any atom is -0.479 e. The first-order valence-corrected chi connectivity index (χ1v) is 7.10. The van der Waals surface area contributed by atoms with Crippen molar-refractivity contribution in [1.82, 2.24) is 4.90 Å². The van der Waals surface area contributed by atoms with Gasteiger partial charge in [-0.05, 0) is 25.1 Å². The molecule has 1 unspecified atom stereocenters. The van der Waals surface area contributed by atoms with E-state index in [9.17, 15) is 14.0 Å². The van der Waals surface area contributed by atoms with Crippen LogP contribution in [0.5, 0.6) is 0 Å². The summed E-state index contributed by atoms with van der Waals surface area (Å²) in [4.78, 5) is 24.6. The van der Waals surface area contributed by atoms with Crippen LogP contribution in [0.25, 0.3) is 11.0 Å². The predicted molar refractivity (Wildman–Crippen MR) is 78.0 cm³/mol. The highest BCUT2D eigenvalue weighted by atomic mass is 35.5. The maximum Gasteiger partial charge on any atom is 0.343 e. The van der Waals surface area contributed by atoms with Gasteiger partial charge in [0.2, 0.25) is 5.67 Å². The number of likely N-dealkylation sites (tertiary alicyclic amines) is 1. The molecule has 7 heteroatoms. The molecule has 1 N–H and O–H groups in total. The van der Waals surface area contributed by atoms with Crippen LogP contribution >= 0.6 is 11.6 Å². The SMILES string of the molecule is Cc1c(C(=O)N2CCC(F)(C(=O)O)C2)oc2ccc(Cl)cc12. The average Bonchev–Trinajstić information content (AvgIpc) is 3.01. The Morgan fingerprint density at radius 3 is 2.82 bits per heavy atom. The molecule has 0 saturated carbocycles. The zero-order valence-electron chi connectivity index (χ0n) is 11.7. The number of aryl methyl sites for hydroxylation is 1. The summed E-state index contributed by atoms with van der Waals surface area (Å²) in [6.45, 7) is 1.28. The summed E-state index contributed by atoms with van der Waals surface area (Å²) in [7, 11) is 0. The monoisotopic (exact) mass is 325 g/mol. The lowest BCUT2D eigenvalue weighted by Crippen LogP contribution is -2.38. The number of furan rings is 1. The van der Waals surface area contributed by atoms with Gasteiger partial charge in [-0.2, -0.15) is 0 Å². The summed E-state index contributed by atoms with van der Waals surface area (Å²) >= 11 is 5.93. The summed E-state index contributed by atoms with van der Waals surface area (Å²) in [6.07, 6.45) is -0.223. The molecule has 1 atom stereocenters. The minimum absolute atomic E-state index is 0.0406. The molecule has 1 fully saturated rings. The van der Waals surface area contributed by atoms with Gasteiger partial charge in [0.25, 0.3) is 5.91 Å². The van der Waals surface area contributed by atoms with E-state index in [0.717, 1.165) is 0 Å².